The molecule has 0 fully saturated rings. The van der Waals surface area contributed by atoms with Gasteiger partial charge in [-0.05, 0) is 46.2 Å². The highest BCUT2D eigenvalue weighted by Crippen LogP contribution is 2.09. The molecule has 0 aliphatic carbocycles. The van der Waals surface area contributed by atoms with Crippen molar-refractivity contribution in [3.05, 3.63) is 30.1 Å². The van der Waals surface area contributed by atoms with Gasteiger partial charge in [-0.3, -0.25) is 9.78 Å². The first-order valence-corrected chi connectivity index (χ1v) is 6.70. The van der Waals surface area contributed by atoms with Crippen molar-refractivity contribution in [2.75, 3.05) is 0 Å². The third kappa shape index (κ3) is 6.31. The molecule has 1 atom stereocenters. The smallest absolute Gasteiger partial charge is 0.407 e. The van der Waals surface area contributed by atoms with Crippen LogP contribution in [0.3, 0.4) is 0 Å². The first-order chi connectivity index (χ1) is 9.28. The van der Waals surface area contributed by atoms with Gasteiger partial charge >= 0.3 is 6.09 Å². The minimum absolute atomic E-state index is 0.0465. The summed E-state index contributed by atoms with van der Waals surface area (Å²) in [6.45, 7) is 7.28. The van der Waals surface area contributed by atoms with Gasteiger partial charge in [-0.2, -0.15) is 0 Å². The number of pyridine rings is 1. The molecule has 0 aliphatic rings. The fourth-order valence-corrected chi connectivity index (χ4v) is 1.61. The number of amides is 1. The van der Waals surface area contributed by atoms with E-state index in [-0.39, 0.29) is 11.8 Å². The maximum Gasteiger partial charge on any atom is 0.407 e. The number of ether oxygens (including phenoxy) is 1. The van der Waals surface area contributed by atoms with Crippen LogP contribution in [-0.2, 0) is 4.74 Å². The lowest BCUT2D eigenvalue weighted by molar-refractivity contribution is 0.0504. The molecular weight excluding hydrogens is 256 g/mol. The topological polar surface area (TPSA) is 68.3 Å². The molecule has 1 amide bonds. The van der Waals surface area contributed by atoms with Crippen LogP contribution in [0.1, 0.15) is 50.9 Å². The van der Waals surface area contributed by atoms with Crippen molar-refractivity contribution in [3.8, 4) is 0 Å². The van der Waals surface area contributed by atoms with E-state index in [2.05, 4.69) is 10.3 Å². The molecule has 0 bridgehead atoms. The Morgan fingerprint density at radius 3 is 2.45 bits per heavy atom. The zero-order valence-corrected chi connectivity index (χ0v) is 12.5. The van der Waals surface area contributed by atoms with Crippen LogP contribution in [0, 0.1) is 0 Å². The van der Waals surface area contributed by atoms with Crippen molar-refractivity contribution < 1.29 is 14.3 Å². The highest BCUT2D eigenvalue weighted by atomic mass is 16.6. The average molecular weight is 278 g/mol. The van der Waals surface area contributed by atoms with E-state index < -0.39 is 11.7 Å². The zero-order valence-electron chi connectivity index (χ0n) is 12.5. The predicted molar refractivity (Wildman–Crippen MR) is 76.6 cm³/mol. The number of hydrogen-bond donors (Lipinski definition) is 1. The van der Waals surface area contributed by atoms with Gasteiger partial charge < -0.3 is 10.1 Å². The Hall–Kier alpha value is -1.91. The Morgan fingerprint density at radius 2 is 1.90 bits per heavy atom. The van der Waals surface area contributed by atoms with Gasteiger partial charge in [0.2, 0.25) is 0 Å². The highest BCUT2D eigenvalue weighted by Gasteiger charge is 2.18. The Morgan fingerprint density at radius 1 is 1.30 bits per heavy atom. The third-order valence-corrected chi connectivity index (χ3v) is 2.57. The SMILES string of the molecule is CC(CCC(=O)c1ccncc1)NC(=O)OC(C)(C)C. The van der Waals surface area contributed by atoms with E-state index in [9.17, 15) is 9.59 Å². The second kappa shape index (κ2) is 7.03. The molecule has 5 heteroatoms. The fraction of sp³-hybridized carbons (Fsp3) is 0.533. The molecule has 1 aromatic rings. The van der Waals surface area contributed by atoms with Gasteiger partial charge in [0, 0.05) is 30.4 Å². The van der Waals surface area contributed by atoms with Crippen molar-refractivity contribution >= 4 is 11.9 Å². The minimum Gasteiger partial charge on any atom is -0.444 e. The van der Waals surface area contributed by atoms with Gasteiger partial charge in [-0.25, -0.2) is 4.79 Å². The summed E-state index contributed by atoms with van der Waals surface area (Å²) in [6, 6.07) is 3.26. The standard InChI is InChI=1S/C15H22N2O3/c1-11(17-14(19)20-15(2,3)4)5-6-13(18)12-7-9-16-10-8-12/h7-11H,5-6H2,1-4H3,(H,17,19). The summed E-state index contributed by atoms with van der Waals surface area (Å²) in [7, 11) is 0. The second-order valence-corrected chi connectivity index (χ2v) is 5.75. The first kappa shape index (κ1) is 16.1. The summed E-state index contributed by atoms with van der Waals surface area (Å²) < 4.78 is 5.16. The van der Waals surface area contributed by atoms with Gasteiger partial charge in [-0.1, -0.05) is 0 Å². The normalized spacial score (nSPS) is 12.6. The molecule has 1 unspecified atom stereocenters. The number of nitrogens with one attached hydrogen (secondary N) is 1. The van der Waals surface area contributed by atoms with E-state index in [1.165, 1.54) is 0 Å². The van der Waals surface area contributed by atoms with Gasteiger partial charge in [0.1, 0.15) is 5.60 Å². The molecule has 20 heavy (non-hydrogen) atoms. The van der Waals surface area contributed by atoms with Crippen LogP contribution < -0.4 is 5.32 Å². The number of aromatic nitrogens is 1. The van der Waals surface area contributed by atoms with Gasteiger partial charge in [-0.15, -0.1) is 0 Å². The van der Waals surface area contributed by atoms with Crippen LogP contribution in [-0.4, -0.2) is 28.5 Å². The van der Waals surface area contributed by atoms with Crippen LogP contribution in [0.4, 0.5) is 4.79 Å². The summed E-state index contributed by atoms with van der Waals surface area (Å²) in [4.78, 5) is 27.3. The molecule has 0 saturated carbocycles. The maximum atomic E-state index is 11.9. The lowest BCUT2D eigenvalue weighted by Crippen LogP contribution is -2.37. The van der Waals surface area contributed by atoms with E-state index >= 15 is 0 Å². The average Bonchev–Trinajstić information content (AvgIpc) is 2.34. The van der Waals surface area contributed by atoms with Crippen molar-refractivity contribution in [3.63, 3.8) is 0 Å². The van der Waals surface area contributed by atoms with Crippen LogP contribution in [0.5, 0.6) is 0 Å². The Labute approximate surface area is 119 Å². The van der Waals surface area contributed by atoms with Crippen LogP contribution in [0.2, 0.25) is 0 Å². The highest BCUT2D eigenvalue weighted by molar-refractivity contribution is 5.95. The molecule has 1 N–H and O–H groups in total. The molecule has 1 heterocycles. The maximum absolute atomic E-state index is 11.9. The van der Waals surface area contributed by atoms with Crippen molar-refractivity contribution in [1.29, 1.82) is 0 Å². The molecule has 5 nitrogen and oxygen atoms in total. The number of nitrogens with zero attached hydrogens (tertiary/aromatic N) is 1. The van der Waals surface area contributed by atoms with Gasteiger partial charge in [0.15, 0.2) is 5.78 Å². The Balaban J connectivity index is 2.35. The predicted octanol–water partition coefficient (Wildman–Crippen LogP) is 2.96. The van der Waals surface area contributed by atoms with Crippen LogP contribution >= 0.6 is 0 Å². The van der Waals surface area contributed by atoms with E-state index in [0.717, 1.165) is 0 Å². The number of ketones is 1. The van der Waals surface area contributed by atoms with Crippen molar-refractivity contribution in [2.24, 2.45) is 0 Å². The number of alkyl carbamates (subject to hydrolysis) is 1. The Kier molecular flexibility index (Phi) is 5.67. The number of carbonyl (C=O) groups excluding carboxylic acids is 2. The summed E-state index contributed by atoms with van der Waals surface area (Å²) in [6.07, 6.45) is 3.67. The van der Waals surface area contributed by atoms with E-state index in [1.54, 1.807) is 24.5 Å². The molecule has 0 aliphatic heterocycles. The molecule has 0 aromatic carbocycles. The monoisotopic (exact) mass is 278 g/mol. The quantitative estimate of drug-likeness (QED) is 0.841. The van der Waals surface area contributed by atoms with E-state index in [1.807, 2.05) is 27.7 Å². The van der Waals surface area contributed by atoms with Crippen molar-refractivity contribution in [1.82, 2.24) is 10.3 Å². The number of hydrogen-bond acceptors (Lipinski definition) is 4. The number of rotatable bonds is 5. The molecule has 1 aromatic heterocycles. The summed E-state index contributed by atoms with van der Waals surface area (Å²) in [5.41, 5.74) is 0.126. The zero-order chi connectivity index (χ0) is 15.2. The third-order valence-electron chi connectivity index (χ3n) is 2.57. The molecular formula is C15H22N2O3. The lowest BCUT2D eigenvalue weighted by Gasteiger charge is -2.21. The molecule has 110 valence electrons. The van der Waals surface area contributed by atoms with Crippen LogP contribution in [0.25, 0.3) is 0 Å². The molecule has 0 spiro atoms. The van der Waals surface area contributed by atoms with E-state index in [0.29, 0.717) is 18.4 Å². The second-order valence-electron chi connectivity index (χ2n) is 5.75. The minimum atomic E-state index is -0.517. The summed E-state index contributed by atoms with van der Waals surface area (Å²) in [5, 5.41) is 2.72. The van der Waals surface area contributed by atoms with Gasteiger partial charge in [0.05, 0.1) is 0 Å². The molecule has 0 saturated heterocycles. The Bertz CT molecular complexity index is 452. The lowest BCUT2D eigenvalue weighted by atomic mass is 10.1. The molecule has 1 rings (SSSR count). The van der Waals surface area contributed by atoms with E-state index in [4.69, 9.17) is 4.74 Å². The summed E-state index contributed by atoms with van der Waals surface area (Å²) >= 11 is 0. The van der Waals surface area contributed by atoms with Crippen LogP contribution in [0.15, 0.2) is 24.5 Å². The number of Topliss-reactive ketones (excluding diaryl/α,β-unsaturated/α-hetero) is 1. The summed E-state index contributed by atoms with van der Waals surface area (Å²) in [5.74, 6) is 0.0465. The van der Waals surface area contributed by atoms with Gasteiger partial charge in [0.25, 0.3) is 0 Å². The fourth-order valence-electron chi connectivity index (χ4n) is 1.61. The largest absolute Gasteiger partial charge is 0.444 e. The first-order valence-electron chi connectivity index (χ1n) is 6.70. The number of carbonyl (C=O) groups is 2. The van der Waals surface area contributed by atoms with Crippen molar-refractivity contribution in [2.45, 2.75) is 52.2 Å². The molecule has 0 radical (unpaired) electrons.